The average molecular weight is 356 g/mol. The normalized spacial score (nSPS) is 11.2. The third-order valence-electron chi connectivity index (χ3n) is 3.78. The number of hydrogen-bond donors (Lipinski definition) is 2. The molecule has 0 saturated carbocycles. The van der Waals surface area contributed by atoms with Crippen LogP contribution in [0.15, 0.2) is 53.5 Å². The van der Waals surface area contributed by atoms with E-state index in [9.17, 15) is 9.18 Å². The summed E-state index contributed by atoms with van der Waals surface area (Å²) in [4.78, 5) is 18.0. The molecule has 0 aromatic heterocycles. The van der Waals surface area contributed by atoms with Gasteiger partial charge in [0, 0.05) is 38.3 Å². The van der Waals surface area contributed by atoms with Gasteiger partial charge in [-0.15, -0.1) is 0 Å². The quantitative estimate of drug-likeness (QED) is 0.618. The lowest BCUT2D eigenvalue weighted by atomic mass is 10.1. The summed E-state index contributed by atoms with van der Waals surface area (Å²) in [5, 5.41) is 6.27. The summed E-state index contributed by atoms with van der Waals surface area (Å²) in [7, 11) is 3.45. The third kappa shape index (κ3) is 5.58. The topological polar surface area (TPSA) is 56.7 Å². The molecule has 0 unspecified atom stereocenters. The van der Waals surface area contributed by atoms with Crippen LogP contribution in [0.4, 0.5) is 4.39 Å². The molecule has 1 amide bonds. The molecule has 0 atom stereocenters. The zero-order valence-corrected chi connectivity index (χ0v) is 15.4. The maximum atomic E-state index is 13.7. The van der Waals surface area contributed by atoms with Crippen molar-refractivity contribution in [3.63, 3.8) is 0 Å². The number of aliphatic imine (C=N–C) groups is 1. The Balaban J connectivity index is 2.00. The summed E-state index contributed by atoms with van der Waals surface area (Å²) in [6, 6.07) is 14.0. The van der Waals surface area contributed by atoms with Crippen LogP contribution in [-0.2, 0) is 13.1 Å². The van der Waals surface area contributed by atoms with Crippen molar-refractivity contribution < 1.29 is 9.18 Å². The van der Waals surface area contributed by atoms with Crippen LogP contribution in [0, 0.1) is 5.82 Å². The summed E-state index contributed by atoms with van der Waals surface area (Å²) in [5.41, 5.74) is 2.22. The predicted molar refractivity (Wildman–Crippen MR) is 103 cm³/mol. The maximum Gasteiger partial charge on any atom is 0.253 e. The molecule has 0 spiro atoms. The van der Waals surface area contributed by atoms with E-state index in [0.717, 1.165) is 5.56 Å². The summed E-state index contributed by atoms with van der Waals surface area (Å²) >= 11 is 0. The fraction of sp³-hybridized carbons (Fsp3) is 0.300. The molecular formula is C20H25FN4O. The monoisotopic (exact) mass is 356 g/mol. The molecule has 138 valence electrons. The van der Waals surface area contributed by atoms with Gasteiger partial charge in [0.1, 0.15) is 5.82 Å². The minimum atomic E-state index is -0.239. The Morgan fingerprint density at radius 1 is 1.08 bits per heavy atom. The van der Waals surface area contributed by atoms with Gasteiger partial charge in [0.15, 0.2) is 5.96 Å². The van der Waals surface area contributed by atoms with Crippen molar-refractivity contribution in [3.05, 3.63) is 71.0 Å². The van der Waals surface area contributed by atoms with E-state index in [1.807, 2.05) is 19.1 Å². The number of hydrogen-bond acceptors (Lipinski definition) is 2. The van der Waals surface area contributed by atoms with Crippen LogP contribution >= 0.6 is 0 Å². The largest absolute Gasteiger partial charge is 0.357 e. The Morgan fingerprint density at radius 3 is 2.38 bits per heavy atom. The van der Waals surface area contributed by atoms with Crippen LogP contribution in [0.1, 0.15) is 28.4 Å². The number of halogens is 1. The summed E-state index contributed by atoms with van der Waals surface area (Å²) in [6.45, 7) is 3.50. The summed E-state index contributed by atoms with van der Waals surface area (Å²) < 4.78 is 13.7. The van der Waals surface area contributed by atoms with E-state index >= 15 is 0 Å². The zero-order chi connectivity index (χ0) is 18.9. The van der Waals surface area contributed by atoms with Gasteiger partial charge < -0.3 is 15.5 Å². The molecule has 0 aliphatic carbocycles. The highest BCUT2D eigenvalue weighted by molar-refractivity contribution is 5.93. The van der Waals surface area contributed by atoms with Crippen LogP contribution in [-0.4, -0.2) is 37.4 Å². The number of carbonyl (C=O) groups excluding carboxylic acids is 1. The van der Waals surface area contributed by atoms with Gasteiger partial charge in [0.05, 0.1) is 6.54 Å². The number of rotatable bonds is 6. The standard InChI is InChI=1S/C20H25FN4O/c1-4-22-20(24-14-17-7-5-6-8-18(17)21)23-13-15-9-11-16(12-10-15)19(26)25(2)3/h5-12H,4,13-14H2,1-3H3,(H2,22,23,24). The van der Waals surface area contributed by atoms with Crippen molar-refractivity contribution in [2.75, 3.05) is 20.6 Å². The molecule has 26 heavy (non-hydrogen) atoms. The molecule has 0 saturated heterocycles. The number of nitrogens with one attached hydrogen (secondary N) is 2. The zero-order valence-electron chi connectivity index (χ0n) is 15.4. The highest BCUT2D eigenvalue weighted by Gasteiger charge is 2.07. The summed E-state index contributed by atoms with van der Waals surface area (Å²) in [5.74, 6) is 0.348. The highest BCUT2D eigenvalue weighted by Crippen LogP contribution is 2.08. The fourth-order valence-corrected chi connectivity index (χ4v) is 2.34. The second kappa shape index (κ2) is 9.56. The van der Waals surface area contributed by atoms with Crippen LogP contribution in [0.5, 0.6) is 0 Å². The Labute approximate surface area is 153 Å². The first-order valence-electron chi connectivity index (χ1n) is 8.57. The number of carbonyl (C=O) groups is 1. The van der Waals surface area contributed by atoms with Gasteiger partial charge in [-0.2, -0.15) is 0 Å². The van der Waals surface area contributed by atoms with E-state index in [2.05, 4.69) is 15.6 Å². The van der Waals surface area contributed by atoms with Crippen molar-refractivity contribution in [1.82, 2.24) is 15.5 Å². The van der Waals surface area contributed by atoms with Crippen molar-refractivity contribution >= 4 is 11.9 Å². The molecule has 2 N–H and O–H groups in total. The molecule has 0 aliphatic rings. The van der Waals surface area contributed by atoms with Crippen molar-refractivity contribution in [2.24, 2.45) is 4.99 Å². The molecule has 0 fully saturated rings. The molecule has 6 heteroatoms. The second-order valence-electron chi connectivity index (χ2n) is 6.04. The second-order valence-corrected chi connectivity index (χ2v) is 6.04. The molecule has 2 aromatic carbocycles. The van der Waals surface area contributed by atoms with E-state index in [1.165, 1.54) is 6.07 Å². The Hall–Kier alpha value is -2.89. The molecule has 2 rings (SSSR count). The molecule has 2 aromatic rings. The van der Waals surface area contributed by atoms with Gasteiger partial charge in [-0.3, -0.25) is 4.79 Å². The van der Waals surface area contributed by atoms with Gasteiger partial charge in [-0.05, 0) is 30.7 Å². The van der Waals surface area contributed by atoms with Crippen LogP contribution in [0.25, 0.3) is 0 Å². The maximum absolute atomic E-state index is 13.7. The van der Waals surface area contributed by atoms with Gasteiger partial charge in [0.2, 0.25) is 0 Å². The average Bonchev–Trinajstić information content (AvgIpc) is 2.65. The molecule has 0 heterocycles. The highest BCUT2D eigenvalue weighted by atomic mass is 19.1. The number of amides is 1. The number of nitrogens with zero attached hydrogens (tertiary/aromatic N) is 2. The summed E-state index contributed by atoms with van der Waals surface area (Å²) in [6.07, 6.45) is 0. The van der Waals surface area contributed by atoms with Gasteiger partial charge in [-0.25, -0.2) is 9.38 Å². The Morgan fingerprint density at radius 2 is 1.77 bits per heavy atom. The van der Waals surface area contributed by atoms with Crippen LogP contribution in [0.3, 0.4) is 0 Å². The lowest BCUT2D eigenvalue weighted by molar-refractivity contribution is 0.0827. The van der Waals surface area contributed by atoms with E-state index in [1.54, 1.807) is 49.3 Å². The van der Waals surface area contributed by atoms with Crippen molar-refractivity contribution in [2.45, 2.75) is 20.0 Å². The van der Waals surface area contributed by atoms with Crippen LogP contribution in [0.2, 0.25) is 0 Å². The van der Waals surface area contributed by atoms with E-state index < -0.39 is 0 Å². The first-order valence-corrected chi connectivity index (χ1v) is 8.57. The minimum Gasteiger partial charge on any atom is -0.357 e. The Bertz CT molecular complexity index is 757. The van der Waals surface area contributed by atoms with Crippen LogP contribution < -0.4 is 10.6 Å². The molecule has 5 nitrogen and oxygen atoms in total. The van der Waals surface area contributed by atoms with E-state index in [-0.39, 0.29) is 11.7 Å². The SMILES string of the molecule is CCNC(=NCc1ccc(C(=O)N(C)C)cc1)NCc1ccccc1F. The van der Waals surface area contributed by atoms with Crippen molar-refractivity contribution in [1.29, 1.82) is 0 Å². The van der Waals surface area contributed by atoms with E-state index in [0.29, 0.717) is 36.7 Å². The molecule has 0 radical (unpaired) electrons. The molecular weight excluding hydrogens is 331 g/mol. The minimum absolute atomic E-state index is 0.0278. The van der Waals surface area contributed by atoms with Crippen molar-refractivity contribution in [3.8, 4) is 0 Å². The van der Waals surface area contributed by atoms with Gasteiger partial charge in [-0.1, -0.05) is 30.3 Å². The predicted octanol–water partition coefficient (Wildman–Crippen LogP) is 2.78. The lowest BCUT2D eigenvalue weighted by Crippen LogP contribution is -2.37. The Kier molecular flexibility index (Phi) is 7.14. The van der Waals surface area contributed by atoms with Gasteiger partial charge in [0.25, 0.3) is 5.91 Å². The third-order valence-corrected chi connectivity index (χ3v) is 3.78. The molecule has 0 aliphatic heterocycles. The molecule has 0 bridgehead atoms. The number of benzene rings is 2. The first kappa shape index (κ1) is 19.4. The van der Waals surface area contributed by atoms with Gasteiger partial charge >= 0.3 is 0 Å². The lowest BCUT2D eigenvalue weighted by Gasteiger charge is -2.12. The number of guanidine groups is 1. The smallest absolute Gasteiger partial charge is 0.253 e. The first-order chi connectivity index (χ1) is 12.5. The fourth-order valence-electron chi connectivity index (χ4n) is 2.34. The van der Waals surface area contributed by atoms with E-state index in [4.69, 9.17) is 0 Å².